The molecule has 0 amide bonds. The normalized spacial score (nSPS) is 21.9. The first-order valence-corrected chi connectivity index (χ1v) is 7.51. The highest BCUT2D eigenvalue weighted by Gasteiger charge is 2.33. The van der Waals surface area contributed by atoms with Gasteiger partial charge in [-0.25, -0.2) is 13.2 Å². The molecule has 0 saturated carbocycles. The lowest BCUT2D eigenvalue weighted by Gasteiger charge is -2.17. The lowest BCUT2D eigenvalue weighted by molar-refractivity contribution is -0.131. The van der Waals surface area contributed by atoms with Gasteiger partial charge < -0.3 is 5.11 Å². The van der Waals surface area contributed by atoms with Crippen molar-refractivity contribution < 1.29 is 18.3 Å². The Bertz CT molecular complexity index is 604. The minimum absolute atomic E-state index is 0.122. The summed E-state index contributed by atoms with van der Waals surface area (Å²) in [5.74, 6) is -0.718. The Labute approximate surface area is 112 Å². The summed E-state index contributed by atoms with van der Waals surface area (Å²) in [7, 11) is -3.21. The second-order valence-electron chi connectivity index (χ2n) is 4.68. The lowest BCUT2D eigenvalue weighted by atomic mass is 10.1. The topological polar surface area (TPSA) is 74.7 Å². The number of hydrogen-bond donors (Lipinski definition) is 1. The fourth-order valence-corrected chi connectivity index (χ4v) is 4.01. The van der Waals surface area contributed by atoms with Gasteiger partial charge in [-0.15, -0.1) is 0 Å². The van der Waals surface area contributed by atoms with Crippen molar-refractivity contribution in [1.29, 1.82) is 0 Å². The molecule has 0 aromatic heterocycles. The number of sulfonamides is 1. The summed E-state index contributed by atoms with van der Waals surface area (Å²) in [4.78, 5) is 10.4. The maximum Gasteiger partial charge on any atom is 0.328 e. The molecule has 1 saturated heterocycles. The van der Waals surface area contributed by atoms with Crippen LogP contribution < -0.4 is 4.31 Å². The molecule has 102 valence electrons. The number of rotatable bonds is 3. The van der Waals surface area contributed by atoms with Crippen LogP contribution in [0.4, 0.5) is 5.69 Å². The summed E-state index contributed by atoms with van der Waals surface area (Å²) >= 11 is 0. The van der Waals surface area contributed by atoms with Gasteiger partial charge in [0.2, 0.25) is 10.0 Å². The Morgan fingerprint density at radius 1 is 1.37 bits per heavy atom. The monoisotopic (exact) mass is 281 g/mol. The zero-order chi connectivity index (χ0) is 14.0. The number of aliphatic carboxylic acids is 1. The molecule has 0 aliphatic carbocycles. The minimum Gasteiger partial charge on any atom is -0.478 e. The average molecular weight is 281 g/mol. The van der Waals surface area contributed by atoms with Gasteiger partial charge in [-0.3, -0.25) is 4.31 Å². The number of benzene rings is 1. The number of nitrogens with zero attached hydrogens (tertiary/aromatic N) is 1. The van der Waals surface area contributed by atoms with E-state index in [4.69, 9.17) is 5.11 Å². The number of carboxylic acids is 1. The van der Waals surface area contributed by atoms with Crippen LogP contribution in [0.5, 0.6) is 0 Å². The molecule has 2 rings (SSSR count). The van der Waals surface area contributed by atoms with Crippen LogP contribution in [0.2, 0.25) is 0 Å². The van der Waals surface area contributed by atoms with Crippen LogP contribution in [0, 0.1) is 5.92 Å². The molecule has 1 atom stereocenters. The van der Waals surface area contributed by atoms with E-state index in [9.17, 15) is 13.2 Å². The Morgan fingerprint density at radius 2 is 2.00 bits per heavy atom. The fraction of sp³-hybridized carbons (Fsp3) is 0.308. The molecule has 6 heteroatoms. The number of carboxylic acid groups (broad SMARTS) is 1. The Balaban J connectivity index is 2.22. The molecule has 1 aliphatic rings. The number of anilines is 1. The zero-order valence-corrected chi connectivity index (χ0v) is 11.3. The largest absolute Gasteiger partial charge is 0.478 e. The fourth-order valence-electron chi connectivity index (χ4n) is 2.08. The highest BCUT2D eigenvalue weighted by Crippen LogP contribution is 2.27. The maximum atomic E-state index is 11.9. The van der Waals surface area contributed by atoms with Crippen LogP contribution in [0.15, 0.2) is 30.3 Å². The van der Waals surface area contributed by atoms with Gasteiger partial charge in [0.1, 0.15) is 0 Å². The molecule has 1 aromatic carbocycles. The molecule has 19 heavy (non-hydrogen) atoms. The quantitative estimate of drug-likeness (QED) is 0.853. The minimum atomic E-state index is -3.21. The highest BCUT2D eigenvalue weighted by atomic mass is 32.2. The molecule has 1 N–H and O–H groups in total. The van der Waals surface area contributed by atoms with Gasteiger partial charge in [0.15, 0.2) is 0 Å². The van der Waals surface area contributed by atoms with Crippen LogP contribution in [0.25, 0.3) is 6.08 Å². The van der Waals surface area contributed by atoms with E-state index in [-0.39, 0.29) is 11.7 Å². The molecular formula is C13H15NO4S. The van der Waals surface area contributed by atoms with Crippen LogP contribution in [-0.2, 0) is 14.8 Å². The number of hydrogen-bond acceptors (Lipinski definition) is 3. The molecule has 1 unspecified atom stereocenters. The second kappa shape index (κ2) is 5.05. The van der Waals surface area contributed by atoms with Gasteiger partial charge in [-0.05, 0) is 29.7 Å². The van der Waals surface area contributed by atoms with Crippen molar-refractivity contribution in [2.75, 3.05) is 16.6 Å². The van der Waals surface area contributed by atoms with Crippen molar-refractivity contribution in [2.24, 2.45) is 5.92 Å². The van der Waals surface area contributed by atoms with Crippen molar-refractivity contribution in [3.63, 3.8) is 0 Å². The summed E-state index contributed by atoms with van der Waals surface area (Å²) in [6, 6.07) is 6.79. The van der Waals surface area contributed by atoms with Crippen molar-refractivity contribution in [1.82, 2.24) is 0 Å². The number of carbonyl (C=O) groups is 1. The van der Waals surface area contributed by atoms with Crippen molar-refractivity contribution in [3.8, 4) is 0 Å². The molecule has 1 heterocycles. The molecule has 1 aromatic rings. The van der Waals surface area contributed by atoms with E-state index in [1.165, 1.54) is 10.4 Å². The summed E-state index contributed by atoms with van der Waals surface area (Å²) in [6.45, 7) is 2.40. The zero-order valence-electron chi connectivity index (χ0n) is 10.5. The van der Waals surface area contributed by atoms with E-state index in [1.807, 2.05) is 6.92 Å². The Morgan fingerprint density at radius 3 is 2.47 bits per heavy atom. The van der Waals surface area contributed by atoms with Crippen LogP contribution in [0.3, 0.4) is 0 Å². The van der Waals surface area contributed by atoms with E-state index >= 15 is 0 Å². The van der Waals surface area contributed by atoms with Gasteiger partial charge in [0.25, 0.3) is 0 Å². The molecule has 0 bridgehead atoms. The first kappa shape index (κ1) is 13.6. The van der Waals surface area contributed by atoms with E-state index in [1.54, 1.807) is 24.3 Å². The average Bonchev–Trinajstić information content (AvgIpc) is 2.60. The first-order valence-electron chi connectivity index (χ1n) is 5.90. The summed E-state index contributed by atoms with van der Waals surface area (Å²) < 4.78 is 25.2. The molecule has 1 fully saturated rings. The SMILES string of the molecule is CC1CN(c2ccc(/C=C/C(=O)O)cc2)S(=O)(=O)C1. The molecule has 1 aliphatic heterocycles. The van der Waals surface area contributed by atoms with Crippen LogP contribution in [0.1, 0.15) is 12.5 Å². The lowest BCUT2D eigenvalue weighted by Crippen LogP contribution is -2.25. The predicted molar refractivity (Wildman–Crippen MR) is 73.4 cm³/mol. The second-order valence-corrected chi connectivity index (χ2v) is 6.62. The smallest absolute Gasteiger partial charge is 0.328 e. The third-order valence-electron chi connectivity index (χ3n) is 2.91. The summed E-state index contributed by atoms with van der Waals surface area (Å²) in [6.07, 6.45) is 2.51. The summed E-state index contributed by atoms with van der Waals surface area (Å²) in [5.41, 5.74) is 1.34. The highest BCUT2D eigenvalue weighted by molar-refractivity contribution is 7.93. The van der Waals surface area contributed by atoms with E-state index < -0.39 is 16.0 Å². The third kappa shape index (κ3) is 3.14. The van der Waals surface area contributed by atoms with Gasteiger partial charge >= 0.3 is 5.97 Å². The maximum absolute atomic E-state index is 11.9. The van der Waals surface area contributed by atoms with Gasteiger partial charge in [-0.1, -0.05) is 19.1 Å². The third-order valence-corrected chi connectivity index (χ3v) is 4.93. The van der Waals surface area contributed by atoms with Crippen molar-refractivity contribution in [2.45, 2.75) is 6.92 Å². The van der Waals surface area contributed by atoms with Gasteiger partial charge in [0, 0.05) is 12.6 Å². The Hall–Kier alpha value is -1.82. The summed E-state index contributed by atoms with van der Waals surface area (Å²) in [5, 5.41) is 8.53. The van der Waals surface area contributed by atoms with Gasteiger partial charge in [0.05, 0.1) is 11.4 Å². The Kier molecular flexibility index (Phi) is 3.61. The van der Waals surface area contributed by atoms with Crippen molar-refractivity contribution >= 4 is 27.8 Å². The molecule has 0 spiro atoms. The van der Waals surface area contributed by atoms with Crippen molar-refractivity contribution in [3.05, 3.63) is 35.9 Å². The molecule has 5 nitrogen and oxygen atoms in total. The molecular weight excluding hydrogens is 266 g/mol. The van der Waals surface area contributed by atoms with E-state index in [0.717, 1.165) is 11.6 Å². The standard InChI is InChI=1S/C13H15NO4S/c1-10-8-14(19(17,18)9-10)12-5-2-11(3-6-12)4-7-13(15)16/h2-7,10H,8-9H2,1H3,(H,15,16)/b7-4+. The van der Waals surface area contributed by atoms with Crippen LogP contribution in [-0.4, -0.2) is 31.8 Å². The van der Waals surface area contributed by atoms with E-state index in [0.29, 0.717) is 12.2 Å². The molecule has 0 radical (unpaired) electrons. The first-order chi connectivity index (χ1) is 8.88. The van der Waals surface area contributed by atoms with Crippen LogP contribution >= 0.6 is 0 Å². The van der Waals surface area contributed by atoms with Gasteiger partial charge in [-0.2, -0.15) is 0 Å². The predicted octanol–water partition coefficient (Wildman–Crippen LogP) is 1.57. The van der Waals surface area contributed by atoms with E-state index in [2.05, 4.69) is 0 Å².